The number of rotatable bonds is 8. The lowest BCUT2D eigenvalue weighted by atomic mass is 10.2. The van der Waals surface area contributed by atoms with E-state index in [0.29, 0.717) is 6.04 Å². The van der Waals surface area contributed by atoms with Crippen LogP contribution in [-0.4, -0.2) is 49.6 Å². The second kappa shape index (κ2) is 8.85. The first-order valence-corrected chi connectivity index (χ1v) is 6.28. The Bertz CT molecular complexity index is 107. The highest BCUT2D eigenvalue weighted by Gasteiger charge is 2.00. The van der Waals surface area contributed by atoms with Crippen LogP contribution in [0.4, 0.5) is 0 Å². The van der Waals surface area contributed by atoms with Crippen molar-refractivity contribution in [1.82, 2.24) is 10.2 Å². The minimum absolute atomic E-state index is 0.653. The van der Waals surface area contributed by atoms with Crippen molar-refractivity contribution < 1.29 is 0 Å². The standard InChI is InChI=1S/C10H24N2S/c1-5-13-9-7-11-10(2)6-8-12(3)4/h10-11H,5-9H2,1-4H3. The highest BCUT2D eigenvalue weighted by molar-refractivity contribution is 7.99. The highest BCUT2D eigenvalue weighted by Crippen LogP contribution is 1.97. The van der Waals surface area contributed by atoms with Crippen LogP contribution >= 0.6 is 11.8 Å². The minimum Gasteiger partial charge on any atom is -0.313 e. The van der Waals surface area contributed by atoms with Gasteiger partial charge in [-0.1, -0.05) is 6.92 Å². The van der Waals surface area contributed by atoms with Gasteiger partial charge in [0.1, 0.15) is 0 Å². The molecule has 0 aliphatic rings. The third-order valence-corrected chi connectivity index (χ3v) is 2.85. The summed E-state index contributed by atoms with van der Waals surface area (Å²) in [5.41, 5.74) is 0. The van der Waals surface area contributed by atoms with Crippen molar-refractivity contribution >= 4 is 11.8 Å². The zero-order valence-electron chi connectivity index (χ0n) is 9.47. The number of thioether (sulfide) groups is 1. The van der Waals surface area contributed by atoms with Crippen molar-refractivity contribution in [3.8, 4) is 0 Å². The molecule has 1 N–H and O–H groups in total. The molecule has 0 aromatic carbocycles. The Hall–Kier alpha value is 0.270. The van der Waals surface area contributed by atoms with Gasteiger partial charge in [-0.3, -0.25) is 0 Å². The van der Waals surface area contributed by atoms with Crippen LogP contribution < -0.4 is 5.32 Å². The fourth-order valence-electron chi connectivity index (χ4n) is 1.08. The van der Waals surface area contributed by atoms with E-state index in [-0.39, 0.29) is 0 Å². The Balaban J connectivity index is 3.15. The van der Waals surface area contributed by atoms with Gasteiger partial charge in [-0.05, 0) is 39.7 Å². The quantitative estimate of drug-likeness (QED) is 0.606. The van der Waals surface area contributed by atoms with Crippen LogP contribution in [0.1, 0.15) is 20.3 Å². The van der Waals surface area contributed by atoms with Crippen molar-refractivity contribution in [2.75, 3.05) is 38.7 Å². The van der Waals surface area contributed by atoms with E-state index in [2.05, 4.69) is 38.2 Å². The van der Waals surface area contributed by atoms with E-state index in [0.717, 1.165) is 6.54 Å². The third-order valence-electron chi connectivity index (χ3n) is 1.95. The Morgan fingerprint density at radius 3 is 2.62 bits per heavy atom. The fraction of sp³-hybridized carbons (Fsp3) is 1.00. The second-order valence-electron chi connectivity index (χ2n) is 3.64. The zero-order valence-corrected chi connectivity index (χ0v) is 10.3. The first-order chi connectivity index (χ1) is 6.16. The van der Waals surface area contributed by atoms with Gasteiger partial charge in [0.05, 0.1) is 0 Å². The summed E-state index contributed by atoms with van der Waals surface area (Å²) in [7, 11) is 4.25. The van der Waals surface area contributed by atoms with E-state index in [9.17, 15) is 0 Å². The summed E-state index contributed by atoms with van der Waals surface area (Å²) in [4.78, 5) is 2.24. The summed E-state index contributed by atoms with van der Waals surface area (Å²) >= 11 is 2.00. The number of hydrogen-bond acceptors (Lipinski definition) is 3. The van der Waals surface area contributed by atoms with Crippen LogP contribution in [-0.2, 0) is 0 Å². The summed E-state index contributed by atoms with van der Waals surface area (Å²) in [5, 5.41) is 3.53. The molecule has 0 aromatic heterocycles. The van der Waals surface area contributed by atoms with Crippen LogP contribution in [0.3, 0.4) is 0 Å². The maximum Gasteiger partial charge on any atom is 0.00580 e. The molecule has 13 heavy (non-hydrogen) atoms. The normalized spacial score (nSPS) is 13.6. The molecule has 1 unspecified atom stereocenters. The zero-order chi connectivity index (χ0) is 10.1. The molecule has 0 radical (unpaired) electrons. The van der Waals surface area contributed by atoms with E-state index >= 15 is 0 Å². The van der Waals surface area contributed by atoms with Gasteiger partial charge in [0, 0.05) is 18.3 Å². The molecule has 0 spiro atoms. The molecule has 0 rings (SSSR count). The molecule has 0 saturated heterocycles. The summed E-state index contributed by atoms with van der Waals surface area (Å²) in [6.45, 7) is 6.79. The highest BCUT2D eigenvalue weighted by atomic mass is 32.2. The van der Waals surface area contributed by atoms with Gasteiger partial charge in [0.15, 0.2) is 0 Å². The smallest absolute Gasteiger partial charge is 0.00580 e. The average Bonchev–Trinajstić information content (AvgIpc) is 2.09. The van der Waals surface area contributed by atoms with Crippen LogP contribution in [0.25, 0.3) is 0 Å². The number of nitrogens with one attached hydrogen (secondary N) is 1. The summed E-state index contributed by atoms with van der Waals surface area (Å²) in [5.74, 6) is 2.47. The molecule has 0 aromatic rings. The Morgan fingerprint density at radius 2 is 2.08 bits per heavy atom. The lowest BCUT2D eigenvalue weighted by Crippen LogP contribution is -2.31. The molecule has 0 fully saturated rings. The minimum atomic E-state index is 0.653. The molecule has 0 aliphatic carbocycles. The van der Waals surface area contributed by atoms with Gasteiger partial charge < -0.3 is 10.2 Å². The first kappa shape index (κ1) is 13.3. The Kier molecular flexibility index (Phi) is 9.03. The molecular weight excluding hydrogens is 180 g/mol. The predicted molar refractivity (Wildman–Crippen MR) is 63.6 cm³/mol. The lowest BCUT2D eigenvalue weighted by Gasteiger charge is -2.16. The molecule has 0 amide bonds. The van der Waals surface area contributed by atoms with Crippen molar-refractivity contribution in [3.63, 3.8) is 0 Å². The van der Waals surface area contributed by atoms with E-state index in [1.54, 1.807) is 0 Å². The lowest BCUT2D eigenvalue weighted by molar-refractivity contribution is 0.369. The molecule has 0 bridgehead atoms. The van der Waals surface area contributed by atoms with Gasteiger partial charge in [-0.15, -0.1) is 0 Å². The van der Waals surface area contributed by atoms with Gasteiger partial charge in [0.2, 0.25) is 0 Å². The molecule has 0 saturated carbocycles. The maximum absolute atomic E-state index is 3.53. The third kappa shape index (κ3) is 10.2. The van der Waals surface area contributed by atoms with E-state index in [1.165, 1.54) is 24.5 Å². The average molecular weight is 204 g/mol. The Morgan fingerprint density at radius 1 is 1.38 bits per heavy atom. The first-order valence-electron chi connectivity index (χ1n) is 5.12. The van der Waals surface area contributed by atoms with Gasteiger partial charge in [-0.25, -0.2) is 0 Å². The topological polar surface area (TPSA) is 15.3 Å². The van der Waals surface area contributed by atoms with Crippen molar-refractivity contribution in [1.29, 1.82) is 0 Å². The van der Waals surface area contributed by atoms with Crippen molar-refractivity contribution in [2.24, 2.45) is 0 Å². The Labute approximate surface area is 87.5 Å². The largest absolute Gasteiger partial charge is 0.313 e. The number of hydrogen-bond donors (Lipinski definition) is 1. The van der Waals surface area contributed by atoms with Crippen molar-refractivity contribution in [3.05, 3.63) is 0 Å². The molecule has 1 atom stereocenters. The van der Waals surface area contributed by atoms with Gasteiger partial charge in [-0.2, -0.15) is 11.8 Å². The second-order valence-corrected chi connectivity index (χ2v) is 5.04. The molecule has 3 heteroatoms. The van der Waals surface area contributed by atoms with Crippen LogP contribution in [0.2, 0.25) is 0 Å². The van der Waals surface area contributed by atoms with Crippen LogP contribution in [0.15, 0.2) is 0 Å². The van der Waals surface area contributed by atoms with Crippen LogP contribution in [0, 0.1) is 0 Å². The van der Waals surface area contributed by atoms with E-state index in [4.69, 9.17) is 0 Å². The molecule has 2 nitrogen and oxygen atoms in total. The summed E-state index contributed by atoms with van der Waals surface area (Å²) in [6.07, 6.45) is 1.24. The molecule has 0 aliphatic heterocycles. The molecule has 80 valence electrons. The SMILES string of the molecule is CCSCCNC(C)CCN(C)C. The molecular formula is C10H24N2S. The van der Waals surface area contributed by atoms with E-state index in [1.807, 2.05) is 11.8 Å². The fourth-order valence-corrected chi connectivity index (χ4v) is 1.63. The monoisotopic (exact) mass is 204 g/mol. The summed E-state index contributed by atoms with van der Waals surface area (Å²) in [6, 6.07) is 0.653. The van der Waals surface area contributed by atoms with Gasteiger partial charge in [0.25, 0.3) is 0 Å². The van der Waals surface area contributed by atoms with Crippen molar-refractivity contribution in [2.45, 2.75) is 26.3 Å². The summed E-state index contributed by atoms with van der Waals surface area (Å²) < 4.78 is 0. The van der Waals surface area contributed by atoms with Gasteiger partial charge >= 0.3 is 0 Å². The predicted octanol–water partition coefficient (Wildman–Crippen LogP) is 1.67. The maximum atomic E-state index is 3.53. The van der Waals surface area contributed by atoms with Crippen LogP contribution in [0.5, 0.6) is 0 Å². The van der Waals surface area contributed by atoms with E-state index < -0.39 is 0 Å². The molecule has 0 heterocycles. The number of nitrogens with zero attached hydrogens (tertiary/aromatic N) is 1.